The number of alkyl halides is 6. The second kappa shape index (κ2) is 8.11. The quantitative estimate of drug-likeness (QED) is 0.578. The summed E-state index contributed by atoms with van der Waals surface area (Å²) in [6, 6.07) is 4.43. The molecule has 10 heteroatoms. The minimum Gasteiger partial charge on any atom is -0.480 e. The Balaban J connectivity index is 2.21. The fourth-order valence-electron chi connectivity index (χ4n) is 3.73. The van der Waals surface area contributed by atoms with Gasteiger partial charge in [0.1, 0.15) is 6.04 Å². The molecular weight excluding hydrogens is 436 g/mol. The summed E-state index contributed by atoms with van der Waals surface area (Å²) in [5, 5.41) is 9.43. The Morgan fingerprint density at radius 3 is 2.27 bits per heavy atom. The van der Waals surface area contributed by atoms with Crippen LogP contribution in [0.2, 0.25) is 5.02 Å². The van der Waals surface area contributed by atoms with Crippen molar-refractivity contribution in [1.82, 2.24) is 4.90 Å². The van der Waals surface area contributed by atoms with Gasteiger partial charge in [-0.25, -0.2) is 0 Å². The van der Waals surface area contributed by atoms with Crippen molar-refractivity contribution in [2.75, 3.05) is 6.54 Å². The lowest BCUT2D eigenvalue weighted by molar-refractivity contribution is -0.143. The lowest BCUT2D eigenvalue weighted by Crippen LogP contribution is -2.39. The molecule has 1 aliphatic heterocycles. The molecule has 2 aromatic rings. The smallest absolute Gasteiger partial charge is 0.416 e. The molecule has 0 bridgehead atoms. The van der Waals surface area contributed by atoms with Crippen molar-refractivity contribution in [2.45, 2.75) is 37.3 Å². The van der Waals surface area contributed by atoms with Crippen molar-refractivity contribution in [3.05, 3.63) is 69.7 Å². The fourth-order valence-corrected chi connectivity index (χ4v) is 3.95. The van der Waals surface area contributed by atoms with Gasteiger partial charge in [0.25, 0.3) is 0 Å². The molecule has 30 heavy (non-hydrogen) atoms. The number of hydrogen-bond acceptors (Lipinski definition) is 2. The molecule has 0 saturated carbocycles. The molecule has 1 N–H and O–H groups in total. The maximum absolute atomic E-state index is 13.3. The highest BCUT2D eigenvalue weighted by atomic mass is 35.5. The Morgan fingerprint density at radius 1 is 1.03 bits per heavy atom. The van der Waals surface area contributed by atoms with Gasteiger partial charge in [-0.15, -0.1) is 0 Å². The lowest BCUT2D eigenvalue weighted by atomic mass is 9.93. The van der Waals surface area contributed by atoms with Crippen molar-refractivity contribution in [3.63, 3.8) is 0 Å². The van der Waals surface area contributed by atoms with Crippen molar-refractivity contribution in [2.24, 2.45) is 0 Å². The van der Waals surface area contributed by atoms with Gasteiger partial charge < -0.3 is 5.11 Å². The van der Waals surface area contributed by atoms with E-state index in [2.05, 4.69) is 0 Å². The Hall–Kier alpha value is -2.26. The van der Waals surface area contributed by atoms with E-state index in [0.29, 0.717) is 6.42 Å². The molecule has 0 amide bonds. The SMILES string of the molecule is O=C(O)C1CCCN1C(c1cccc(C(F)(F)F)c1)c1cc(C(F)(F)F)ccc1Cl. The highest BCUT2D eigenvalue weighted by Crippen LogP contribution is 2.42. The second-order valence-corrected chi connectivity index (χ2v) is 7.40. The van der Waals surface area contributed by atoms with Crippen LogP contribution in [0.15, 0.2) is 42.5 Å². The van der Waals surface area contributed by atoms with Crippen LogP contribution in [-0.2, 0) is 17.1 Å². The maximum atomic E-state index is 13.3. The van der Waals surface area contributed by atoms with Crippen LogP contribution in [0.4, 0.5) is 26.3 Å². The highest BCUT2D eigenvalue weighted by Gasteiger charge is 2.40. The third-order valence-electron chi connectivity index (χ3n) is 5.06. The van der Waals surface area contributed by atoms with Gasteiger partial charge in [0.05, 0.1) is 17.2 Å². The molecule has 2 aromatic carbocycles. The summed E-state index contributed by atoms with van der Waals surface area (Å²) in [6.45, 7) is 0.185. The zero-order valence-corrected chi connectivity index (χ0v) is 16.0. The summed E-state index contributed by atoms with van der Waals surface area (Å²) in [7, 11) is 0. The van der Waals surface area contributed by atoms with E-state index in [-0.39, 0.29) is 29.1 Å². The highest BCUT2D eigenvalue weighted by molar-refractivity contribution is 6.31. The first-order valence-electron chi connectivity index (χ1n) is 8.92. The zero-order valence-electron chi connectivity index (χ0n) is 15.3. The van der Waals surface area contributed by atoms with Crippen LogP contribution in [0.3, 0.4) is 0 Å². The fraction of sp³-hybridized carbons (Fsp3) is 0.350. The van der Waals surface area contributed by atoms with Gasteiger partial charge in [-0.3, -0.25) is 9.69 Å². The number of rotatable bonds is 4. The number of halogens is 7. The van der Waals surface area contributed by atoms with Crippen LogP contribution in [0.25, 0.3) is 0 Å². The predicted octanol–water partition coefficient (Wildman–Crippen LogP) is 6.02. The molecule has 0 aromatic heterocycles. The van der Waals surface area contributed by atoms with Crippen LogP contribution in [0, 0.1) is 0 Å². The van der Waals surface area contributed by atoms with E-state index in [1.54, 1.807) is 0 Å². The summed E-state index contributed by atoms with van der Waals surface area (Å²) < 4.78 is 79.5. The van der Waals surface area contributed by atoms with E-state index < -0.39 is 41.5 Å². The normalized spacial score (nSPS) is 19.1. The predicted molar refractivity (Wildman–Crippen MR) is 97.1 cm³/mol. The van der Waals surface area contributed by atoms with Crippen molar-refractivity contribution < 1.29 is 36.2 Å². The first-order valence-corrected chi connectivity index (χ1v) is 9.29. The van der Waals surface area contributed by atoms with Gasteiger partial charge in [-0.2, -0.15) is 26.3 Å². The molecule has 2 atom stereocenters. The number of aliphatic carboxylic acids is 1. The summed E-state index contributed by atoms with van der Waals surface area (Å²) in [5.74, 6) is -1.20. The molecular formula is C20H16ClF6NO2. The summed E-state index contributed by atoms with van der Waals surface area (Å²) >= 11 is 6.16. The van der Waals surface area contributed by atoms with Gasteiger partial charge in [-0.1, -0.05) is 23.7 Å². The van der Waals surface area contributed by atoms with E-state index in [1.807, 2.05) is 0 Å². The Morgan fingerprint density at radius 2 is 1.67 bits per heavy atom. The number of nitrogens with zero attached hydrogens (tertiary/aromatic N) is 1. The lowest BCUT2D eigenvalue weighted by Gasteiger charge is -2.33. The van der Waals surface area contributed by atoms with E-state index in [1.165, 1.54) is 11.0 Å². The van der Waals surface area contributed by atoms with Crippen LogP contribution in [0.1, 0.15) is 41.1 Å². The van der Waals surface area contributed by atoms with Crippen LogP contribution in [0.5, 0.6) is 0 Å². The minimum absolute atomic E-state index is 0.0131. The van der Waals surface area contributed by atoms with E-state index in [4.69, 9.17) is 11.6 Å². The molecule has 1 heterocycles. The first kappa shape index (κ1) is 22.4. The maximum Gasteiger partial charge on any atom is 0.416 e. The summed E-state index contributed by atoms with van der Waals surface area (Å²) in [5.41, 5.74) is -2.10. The first-order chi connectivity index (χ1) is 13.9. The third-order valence-corrected chi connectivity index (χ3v) is 5.40. The average molecular weight is 452 g/mol. The van der Waals surface area contributed by atoms with Gasteiger partial charge in [0.15, 0.2) is 0 Å². The number of carboxylic acid groups (broad SMARTS) is 1. The summed E-state index contributed by atoms with van der Waals surface area (Å²) in [4.78, 5) is 13.1. The molecule has 0 radical (unpaired) electrons. The molecule has 3 nitrogen and oxygen atoms in total. The van der Waals surface area contributed by atoms with Crippen LogP contribution >= 0.6 is 11.6 Å². The van der Waals surface area contributed by atoms with Crippen LogP contribution < -0.4 is 0 Å². The number of hydrogen-bond donors (Lipinski definition) is 1. The molecule has 1 saturated heterocycles. The monoisotopic (exact) mass is 451 g/mol. The Kier molecular flexibility index (Phi) is 6.06. The molecule has 3 rings (SSSR count). The third kappa shape index (κ3) is 4.57. The molecule has 0 aliphatic carbocycles. The minimum atomic E-state index is -4.70. The van der Waals surface area contributed by atoms with Gasteiger partial charge >= 0.3 is 18.3 Å². The van der Waals surface area contributed by atoms with E-state index >= 15 is 0 Å². The number of carbonyl (C=O) groups is 1. The number of likely N-dealkylation sites (tertiary alicyclic amines) is 1. The molecule has 1 aliphatic rings. The molecule has 162 valence electrons. The second-order valence-electron chi connectivity index (χ2n) is 6.99. The Labute approximate surface area is 172 Å². The largest absolute Gasteiger partial charge is 0.480 e. The topological polar surface area (TPSA) is 40.5 Å². The van der Waals surface area contributed by atoms with Gasteiger partial charge in [-0.05, 0) is 54.3 Å². The van der Waals surface area contributed by atoms with E-state index in [9.17, 15) is 36.2 Å². The van der Waals surface area contributed by atoms with Crippen molar-refractivity contribution >= 4 is 17.6 Å². The molecule has 2 unspecified atom stereocenters. The van der Waals surface area contributed by atoms with Crippen LogP contribution in [-0.4, -0.2) is 28.6 Å². The Bertz CT molecular complexity index is 944. The molecule has 1 fully saturated rings. The van der Waals surface area contributed by atoms with Crippen molar-refractivity contribution in [1.29, 1.82) is 0 Å². The van der Waals surface area contributed by atoms with Crippen molar-refractivity contribution in [3.8, 4) is 0 Å². The number of carboxylic acids is 1. The average Bonchev–Trinajstić information content (AvgIpc) is 3.12. The van der Waals surface area contributed by atoms with E-state index in [0.717, 1.165) is 36.4 Å². The molecule has 0 spiro atoms. The summed E-state index contributed by atoms with van der Waals surface area (Å²) in [6.07, 6.45) is -8.71. The zero-order chi connectivity index (χ0) is 22.3. The number of benzene rings is 2. The standard InChI is InChI=1S/C20H16ClF6NO2/c21-15-7-6-13(20(25,26)27)10-14(15)17(28-8-2-5-16(28)18(29)30)11-3-1-4-12(9-11)19(22,23)24/h1,3-4,6-7,9-10,16-17H,2,5,8H2,(H,29,30). The van der Waals surface area contributed by atoms with Gasteiger partial charge in [0, 0.05) is 11.6 Å². The van der Waals surface area contributed by atoms with Gasteiger partial charge in [0.2, 0.25) is 0 Å².